The van der Waals surface area contributed by atoms with E-state index in [0.717, 1.165) is 11.4 Å². The Kier molecular flexibility index (Phi) is 5.24. The molecule has 1 amide bonds. The lowest BCUT2D eigenvalue weighted by Gasteiger charge is -2.35. The van der Waals surface area contributed by atoms with Crippen LogP contribution in [0, 0.1) is 5.82 Å². The van der Waals surface area contributed by atoms with Gasteiger partial charge in [0.2, 0.25) is 11.7 Å². The molecule has 3 heterocycles. The van der Waals surface area contributed by atoms with E-state index in [1.54, 1.807) is 23.2 Å². The molecule has 29 heavy (non-hydrogen) atoms. The number of hydrogen-bond donors (Lipinski definition) is 0. The Morgan fingerprint density at radius 2 is 1.93 bits per heavy atom. The maximum absolute atomic E-state index is 13.4. The topological polar surface area (TPSA) is 75.4 Å². The van der Waals surface area contributed by atoms with Crippen molar-refractivity contribution >= 4 is 11.7 Å². The van der Waals surface area contributed by atoms with E-state index < -0.39 is 5.82 Å². The summed E-state index contributed by atoms with van der Waals surface area (Å²) in [6.07, 6.45) is 1.73. The number of anilines is 1. The average molecular weight is 395 g/mol. The van der Waals surface area contributed by atoms with Gasteiger partial charge in [-0.2, -0.15) is 4.98 Å². The number of hydrogen-bond acceptors (Lipinski definition) is 6. The van der Waals surface area contributed by atoms with Gasteiger partial charge in [0.05, 0.1) is 0 Å². The molecular formula is C21H22FN5O2. The van der Waals surface area contributed by atoms with Crippen molar-refractivity contribution in [3.8, 4) is 11.4 Å². The number of amides is 1. The summed E-state index contributed by atoms with van der Waals surface area (Å²) in [5, 5.41) is 4.00. The predicted octanol–water partition coefficient (Wildman–Crippen LogP) is 3.36. The van der Waals surface area contributed by atoms with E-state index in [1.165, 1.54) is 12.1 Å². The summed E-state index contributed by atoms with van der Waals surface area (Å²) in [7, 11) is 0. The molecular weight excluding hydrogens is 373 g/mol. The van der Waals surface area contributed by atoms with Gasteiger partial charge in [-0.05, 0) is 30.3 Å². The van der Waals surface area contributed by atoms with Crippen LogP contribution in [-0.2, 0) is 0 Å². The van der Waals surface area contributed by atoms with E-state index >= 15 is 0 Å². The minimum atomic E-state index is -0.402. The zero-order valence-electron chi connectivity index (χ0n) is 16.4. The lowest BCUT2D eigenvalue weighted by Crippen LogP contribution is -2.49. The van der Waals surface area contributed by atoms with Crippen molar-refractivity contribution in [1.82, 2.24) is 20.0 Å². The van der Waals surface area contributed by atoms with Crippen molar-refractivity contribution in [3.05, 3.63) is 59.9 Å². The normalized spacial score (nSPS) is 14.5. The smallest absolute Gasteiger partial charge is 0.254 e. The maximum atomic E-state index is 13.4. The third-order valence-corrected chi connectivity index (χ3v) is 4.90. The zero-order valence-corrected chi connectivity index (χ0v) is 16.4. The van der Waals surface area contributed by atoms with Crippen LogP contribution in [0.1, 0.15) is 36.0 Å². The number of benzene rings is 1. The van der Waals surface area contributed by atoms with Crippen LogP contribution in [0.2, 0.25) is 0 Å². The molecule has 7 nitrogen and oxygen atoms in total. The third kappa shape index (κ3) is 4.11. The number of carbonyl (C=O) groups is 1. The second-order valence-electron chi connectivity index (χ2n) is 7.31. The molecule has 0 N–H and O–H groups in total. The van der Waals surface area contributed by atoms with Gasteiger partial charge < -0.3 is 14.3 Å². The SMILES string of the molecule is CC(C)c1nc(-c2ccc(N3CCN(C(=O)c4cccc(F)c4)CC3)nc2)no1. The van der Waals surface area contributed by atoms with Crippen LogP contribution in [-0.4, -0.2) is 52.1 Å². The molecule has 0 atom stereocenters. The highest BCUT2D eigenvalue weighted by molar-refractivity contribution is 5.94. The van der Waals surface area contributed by atoms with Gasteiger partial charge in [0.25, 0.3) is 5.91 Å². The number of nitrogens with zero attached hydrogens (tertiary/aromatic N) is 5. The molecule has 0 aliphatic carbocycles. The first-order valence-corrected chi connectivity index (χ1v) is 9.61. The molecule has 0 radical (unpaired) electrons. The van der Waals surface area contributed by atoms with Gasteiger partial charge in [0.15, 0.2) is 0 Å². The number of halogens is 1. The zero-order chi connectivity index (χ0) is 20.4. The van der Waals surface area contributed by atoms with Gasteiger partial charge in [-0.15, -0.1) is 0 Å². The Labute approximate surface area is 168 Å². The van der Waals surface area contributed by atoms with Gasteiger partial charge in [0, 0.05) is 49.4 Å². The van der Waals surface area contributed by atoms with Gasteiger partial charge in [-0.1, -0.05) is 25.1 Å². The van der Waals surface area contributed by atoms with E-state index in [2.05, 4.69) is 20.0 Å². The first-order chi connectivity index (χ1) is 14.0. The number of rotatable bonds is 4. The van der Waals surface area contributed by atoms with Gasteiger partial charge in [-0.25, -0.2) is 9.37 Å². The highest BCUT2D eigenvalue weighted by Crippen LogP contribution is 2.22. The van der Waals surface area contributed by atoms with Crippen molar-refractivity contribution in [1.29, 1.82) is 0 Å². The molecule has 0 bridgehead atoms. The van der Waals surface area contributed by atoms with Crippen molar-refractivity contribution in [2.75, 3.05) is 31.1 Å². The molecule has 0 unspecified atom stereocenters. The van der Waals surface area contributed by atoms with Crippen LogP contribution in [0.4, 0.5) is 10.2 Å². The summed E-state index contributed by atoms with van der Waals surface area (Å²) in [6, 6.07) is 9.64. The Hall–Kier alpha value is -3.29. The highest BCUT2D eigenvalue weighted by atomic mass is 19.1. The molecule has 8 heteroatoms. The Morgan fingerprint density at radius 1 is 1.14 bits per heavy atom. The van der Waals surface area contributed by atoms with Crippen LogP contribution in [0.25, 0.3) is 11.4 Å². The van der Waals surface area contributed by atoms with E-state index in [-0.39, 0.29) is 11.8 Å². The van der Waals surface area contributed by atoms with E-state index in [4.69, 9.17) is 4.52 Å². The largest absolute Gasteiger partial charge is 0.353 e. The number of aromatic nitrogens is 3. The first kappa shape index (κ1) is 19.0. The quantitative estimate of drug-likeness (QED) is 0.674. The van der Waals surface area contributed by atoms with Crippen molar-refractivity contribution < 1.29 is 13.7 Å². The van der Waals surface area contributed by atoms with Crippen LogP contribution in [0.5, 0.6) is 0 Å². The molecule has 150 valence electrons. The van der Waals surface area contributed by atoms with Crippen LogP contribution in [0.15, 0.2) is 47.1 Å². The first-order valence-electron chi connectivity index (χ1n) is 9.61. The summed E-state index contributed by atoms with van der Waals surface area (Å²) in [6.45, 7) is 6.43. The van der Waals surface area contributed by atoms with E-state index in [9.17, 15) is 9.18 Å². The van der Waals surface area contributed by atoms with Gasteiger partial charge >= 0.3 is 0 Å². The maximum Gasteiger partial charge on any atom is 0.254 e. The lowest BCUT2D eigenvalue weighted by atomic mass is 10.1. The third-order valence-electron chi connectivity index (χ3n) is 4.90. The number of piperazine rings is 1. The number of pyridine rings is 1. The molecule has 2 aromatic heterocycles. The molecule has 1 saturated heterocycles. The summed E-state index contributed by atoms with van der Waals surface area (Å²) in [5.74, 6) is 1.59. The molecule has 0 spiro atoms. The molecule has 3 aromatic rings. The molecule has 4 rings (SSSR count). The summed E-state index contributed by atoms with van der Waals surface area (Å²) in [4.78, 5) is 25.3. The van der Waals surface area contributed by atoms with Crippen LogP contribution >= 0.6 is 0 Å². The standard InChI is InChI=1S/C21H22FN5O2/c1-14(2)20-24-19(25-29-20)16-6-7-18(23-13-16)26-8-10-27(11-9-26)21(28)15-4-3-5-17(22)12-15/h3-7,12-14H,8-11H2,1-2H3. The predicted molar refractivity (Wildman–Crippen MR) is 106 cm³/mol. The molecule has 1 aliphatic heterocycles. The Balaban J connectivity index is 1.39. The van der Waals surface area contributed by atoms with Crippen molar-refractivity contribution in [2.45, 2.75) is 19.8 Å². The van der Waals surface area contributed by atoms with Gasteiger partial charge in [0.1, 0.15) is 11.6 Å². The highest BCUT2D eigenvalue weighted by Gasteiger charge is 2.23. The average Bonchev–Trinajstić information content (AvgIpc) is 3.24. The summed E-state index contributed by atoms with van der Waals surface area (Å²) < 4.78 is 18.6. The van der Waals surface area contributed by atoms with Crippen molar-refractivity contribution in [3.63, 3.8) is 0 Å². The number of carbonyl (C=O) groups excluding carboxylic acids is 1. The monoisotopic (exact) mass is 395 g/mol. The lowest BCUT2D eigenvalue weighted by molar-refractivity contribution is 0.0746. The second kappa shape index (κ2) is 7.98. The Morgan fingerprint density at radius 3 is 2.55 bits per heavy atom. The fourth-order valence-corrected chi connectivity index (χ4v) is 3.24. The molecule has 1 fully saturated rings. The fourth-order valence-electron chi connectivity index (χ4n) is 3.24. The van der Waals surface area contributed by atoms with E-state index in [1.807, 2.05) is 26.0 Å². The van der Waals surface area contributed by atoms with Crippen LogP contribution < -0.4 is 4.90 Å². The van der Waals surface area contributed by atoms with Crippen molar-refractivity contribution in [2.24, 2.45) is 0 Å². The minimum Gasteiger partial charge on any atom is -0.353 e. The summed E-state index contributed by atoms with van der Waals surface area (Å²) >= 11 is 0. The van der Waals surface area contributed by atoms with Crippen LogP contribution in [0.3, 0.4) is 0 Å². The minimum absolute atomic E-state index is 0.148. The molecule has 1 aliphatic rings. The van der Waals surface area contributed by atoms with E-state index in [0.29, 0.717) is 43.5 Å². The van der Waals surface area contributed by atoms with Gasteiger partial charge in [-0.3, -0.25) is 4.79 Å². The molecule has 1 aromatic carbocycles. The Bertz CT molecular complexity index is 994. The summed E-state index contributed by atoms with van der Waals surface area (Å²) in [5.41, 5.74) is 1.17. The fraction of sp³-hybridized carbons (Fsp3) is 0.333. The second-order valence-corrected chi connectivity index (χ2v) is 7.31. The molecule has 0 saturated carbocycles.